The lowest BCUT2D eigenvalue weighted by Gasteiger charge is -2.20. The fourth-order valence-electron chi connectivity index (χ4n) is 1.30. The van der Waals surface area contributed by atoms with Gasteiger partial charge in [-0.1, -0.05) is 12.1 Å². The molecule has 98 valence electrons. The summed E-state index contributed by atoms with van der Waals surface area (Å²) in [6.45, 7) is 1.85. The molecule has 0 heterocycles. The van der Waals surface area contributed by atoms with Crippen LogP contribution in [0.1, 0.15) is 6.92 Å². The van der Waals surface area contributed by atoms with Crippen LogP contribution in [0.25, 0.3) is 0 Å². The molecule has 0 unspecified atom stereocenters. The van der Waals surface area contributed by atoms with E-state index >= 15 is 0 Å². The number of amides is 2. The van der Waals surface area contributed by atoms with Crippen molar-refractivity contribution in [3.8, 4) is 0 Å². The number of rotatable bonds is 4. The molecule has 0 aliphatic rings. The maximum Gasteiger partial charge on any atom is 0.325 e. The van der Waals surface area contributed by atoms with Gasteiger partial charge >= 0.3 is 12.0 Å². The molecule has 0 aliphatic heterocycles. The lowest BCUT2D eigenvalue weighted by molar-refractivity contribution is -0.141. The van der Waals surface area contributed by atoms with Gasteiger partial charge in [0.15, 0.2) is 0 Å². The predicted octanol–water partition coefficient (Wildman–Crippen LogP) is 1.85. The van der Waals surface area contributed by atoms with Crippen LogP contribution >= 0.6 is 0 Å². The Morgan fingerprint density at radius 3 is 2.61 bits per heavy atom. The van der Waals surface area contributed by atoms with Crippen molar-refractivity contribution in [1.29, 1.82) is 0 Å². The number of nitrogens with zero attached hydrogens (tertiary/aromatic N) is 1. The number of benzene rings is 1. The molecule has 1 aromatic rings. The van der Waals surface area contributed by atoms with Crippen molar-refractivity contribution in [2.24, 2.45) is 0 Å². The average Bonchev–Trinajstić information content (AvgIpc) is 2.38. The summed E-state index contributed by atoms with van der Waals surface area (Å²) in [7, 11) is 1.24. The third-order valence-corrected chi connectivity index (χ3v) is 2.33. The summed E-state index contributed by atoms with van der Waals surface area (Å²) in [6, 6.07) is 5.27. The molecule has 0 fully saturated rings. The first-order valence-corrected chi connectivity index (χ1v) is 5.45. The van der Waals surface area contributed by atoms with Crippen LogP contribution in [0.2, 0.25) is 0 Å². The number of likely N-dealkylation sites (N-methyl/N-ethyl adjacent to an activating group) is 1. The minimum Gasteiger partial charge on any atom is -0.468 e. The number of esters is 1. The molecule has 5 nitrogen and oxygen atoms in total. The normalized spacial score (nSPS) is 9.72. The Balaban J connectivity index is 2.68. The fraction of sp³-hybridized carbons (Fsp3) is 0.333. The molecule has 0 aliphatic carbocycles. The molecule has 0 saturated carbocycles. The summed E-state index contributed by atoms with van der Waals surface area (Å²) in [5.74, 6) is -1.06. The first-order valence-electron chi connectivity index (χ1n) is 5.45. The third-order valence-electron chi connectivity index (χ3n) is 2.33. The number of nitrogens with one attached hydrogen (secondary N) is 1. The summed E-state index contributed by atoms with van der Waals surface area (Å²) < 4.78 is 17.8. The van der Waals surface area contributed by atoms with E-state index in [2.05, 4.69) is 10.1 Å². The highest BCUT2D eigenvalue weighted by Crippen LogP contribution is 2.13. The molecule has 0 radical (unpaired) electrons. The molecule has 0 atom stereocenters. The number of halogens is 1. The SMILES string of the molecule is CCN(CC(=O)OC)C(=O)Nc1ccccc1F. The largest absolute Gasteiger partial charge is 0.468 e. The Hall–Kier alpha value is -2.11. The van der Waals surface area contributed by atoms with Crippen LogP contribution in [0.15, 0.2) is 24.3 Å². The number of methoxy groups -OCH3 is 1. The van der Waals surface area contributed by atoms with E-state index in [0.717, 1.165) is 0 Å². The molecule has 1 N–H and O–H groups in total. The van der Waals surface area contributed by atoms with E-state index in [4.69, 9.17) is 0 Å². The van der Waals surface area contributed by atoms with Crippen LogP contribution in [-0.4, -0.2) is 37.1 Å². The van der Waals surface area contributed by atoms with E-state index in [-0.39, 0.29) is 12.2 Å². The molecule has 0 bridgehead atoms. The van der Waals surface area contributed by atoms with Gasteiger partial charge in [0.1, 0.15) is 12.4 Å². The van der Waals surface area contributed by atoms with Crippen molar-refractivity contribution >= 4 is 17.7 Å². The second-order valence-electron chi connectivity index (χ2n) is 3.50. The van der Waals surface area contributed by atoms with Crippen molar-refractivity contribution in [3.05, 3.63) is 30.1 Å². The van der Waals surface area contributed by atoms with Gasteiger partial charge in [-0.05, 0) is 19.1 Å². The van der Waals surface area contributed by atoms with Crippen LogP contribution < -0.4 is 5.32 Å². The van der Waals surface area contributed by atoms with E-state index < -0.39 is 17.8 Å². The number of carbonyl (C=O) groups excluding carboxylic acids is 2. The molecule has 1 rings (SSSR count). The number of hydrogen-bond acceptors (Lipinski definition) is 3. The minimum atomic E-state index is -0.548. The topological polar surface area (TPSA) is 58.6 Å². The summed E-state index contributed by atoms with van der Waals surface area (Å²) in [5, 5.41) is 2.39. The Bertz CT molecular complexity index is 437. The van der Waals surface area contributed by atoms with Gasteiger partial charge in [0.25, 0.3) is 0 Å². The van der Waals surface area contributed by atoms with Crippen molar-refractivity contribution in [2.75, 3.05) is 25.5 Å². The molecule has 2 amide bonds. The van der Waals surface area contributed by atoms with Crippen molar-refractivity contribution in [2.45, 2.75) is 6.92 Å². The van der Waals surface area contributed by atoms with Crippen LogP contribution in [0.5, 0.6) is 0 Å². The number of carbonyl (C=O) groups is 2. The van der Waals surface area contributed by atoms with Crippen molar-refractivity contribution < 1.29 is 18.7 Å². The molecule has 18 heavy (non-hydrogen) atoms. The molecule has 0 aromatic heterocycles. The predicted molar refractivity (Wildman–Crippen MR) is 64.7 cm³/mol. The zero-order valence-electron chi connectivity index (χ0n) is 10.3. The lowest BCUT2D eigenvalue weighted by atomic mass is 10.3. The minimum absolute atomic E-state index is 0.0748. The molecule has 1 aromatic carbocycles. The van der Waals surface area contributed by atoms with Crippen LogP contribution in [0.4, 0.5) is 14.9 Å². The maximum atomic E-state index is 13.3. The van der Waals surface area contributed by atoms with E-state index in [1.165, 1.54) is 30.2 Å². The summed E-state index contributed by atoms with van der Waals surface area (Å²) in [6.07, 6.45) is 0. The van der Waals surface area contributed by atoms with Gasteiger partial charge in [0, 0.05) is 6.54 Å². The highest BCUT2D eigenvalue weighted by Gasteiger charge is 2.16. The fourth-order valence-corrected chi connectivity index (χ4v) is 1.30. The van der Waals surface area contributed by atoms with Gasteiger partial charge in [0.2, 0.25) is 0 Å². The zero-order chi connectivity index (χ0) is 13.5. The van der Waals surface area contributed by atoms with Crippen LogP contribution in [0, 0.1) is 5.82 Å². The first kappa shape index (κ1) is 14.0. The molecule has 6 heteroatoms. The van der Waals surface area contributed by atoms with E-state index in [1.54, 1.807) is 13.0 Å². The Morgan fingerprint density at radius 2 is 2.06 bits per heavy atom. The Morgan fingerprint density at radius 1 is 1.39 bits per heavy atom. The number of urea groups is 1. The Labute approximate surface area is 105 Å². The van der Waals surface area contributed by atoms with Crippen molar-refractivity contribution in [3.63, 3.8) is 0 Å². The van der Waals surface area contributed by atoms with Gasteiger partial charge in [-0.15, -0.1) is 0 Å². The smallest absolute Gasteiger partial charge is 0.325 e. The van der Waals surface area contributed by atoms with Gasteiger partial charge in [-0.3, -0.25) is 4.79 Å². The number of ether oxygens (including phenoxy) is 1. The molecular formula is C12H15FN2O3. The average molecular weight is 254 g/mol. The van der Waals surface area contributed by atoms with Gasteiger partial charge in [-0.25, -0.2) is 9.18 Å². The second kappa shape index (κ2) is 6.58. The monoisotopic (exact) mass is 254 g/mol. The molecule has 0 spiro atoms. The van der Waals surface area contributed by atoms with Gasteiger partial charge in [-0.2, -0.15) is 0 Å². The molecular weight excluding hydrogens is 239 g/mol. The number of hydrogen-bond donors (Lipinski definition) is 1. The maximum absolute atomic E-state index is 13.3. The van der Waals surface area contributed by atoms with E-state index in [0.29, 0.717) is 6.54 Å². The standard InChI is InChI=1S/C12H15FN2O3/c1-3-15(8-11(16)18-2)12(17)14-10-7-5-4-6-9(10)13/h4-7H,3,8H2,1-2H3,(H,14,17). The number of anilines is 1. The highest BCUT2D eigenvalue weighted by molar-refractivity contribution is 5.91. The van der Waals surface area contributed by atoms with Crippen LogP contribution in [-0.2, 0) is 9.53 Å². The Kier molecular flexibility index (Phi) is 5.10. The summed E-state index contributed by atoms with van der Waals surface area (Å²) in [5.41, 5.74) is 0.0748. The number of para-hydroxylation sites is 1. The third kappa shape index (κ3) is 3.73. The second-order valence-corrected chi connectivity index (χ2v) is 3.50. The first-order chi connectivity index (χ1) is 8.58. The molecule has 0 saturated heterocycles. The van der Waals surface area contributed by atoms with Crippen LogP contribution in [0.3, 0.4) is 0 Å². The zero-order valence-corrected chi connectivity index (χ0v) is 10.3. The lowest BCUT2D eigenvalue weighted by Crippen LogP contribution is -2.39. The van der Waals surface area contributed by atoms with Gasteiger partial charge < -0.3 is 15.0 Å². The van der Waals surface area contributed by atoms with E-state index in [1.807, 2.05) is 0 Å². The quantitative estimate of drug-likeness (QED) is 0.834. The van der Waals surface area contributed by atoms with Gasteiger partial charge in [0.05, 0.1) is 12.8 Å². The summed E-state index contributed by atoms with van der Waals surface area (Å²) >= 11 is 0. The van der Waals surface area contributed by atoms with Crippen molar-refractivity contribution in [1.82, 2.24) is 4.90 Å². The van der Waals surface area contributed by atoms with E-state index in [9.17, 15) is 14.0 Å². The summed E-state index contributed by atoms with van der Waals surface area (Å²) in [4.78, 5) is 24.1. The highest BCUT2D eigenvalue weighted by atomic mass is 19.1.